The standard InChI is InChI=1S/C36H46N8O4S2/c1-8-27-21-43(50(47)30-11-10-16-39-33(30)48-27)20-25-17-24(13-12-22(25)3)31(28-14-15-29(44(38)9-2)32(37)23(28)4)36(5,6)34(45)42-26-18-40-35(41-19-26)49(7)46/h10-19,27,31H,8-9,20-21,37-38H2,1-7H3,(H,42,45)/t27-,31?,49?,50?/m1/s1. The summed E-state index contributed by atoms with van der Waals surface area (Å²) >= 11 is -2.85. The summed E-state index contributed by atoms with van der Waals surface area (Å²) in [5.74, 6) is 5.92. The Bertz CT molecular complexity index is 1820. The van der Waals surface area contributed by atoms with Gasteiger partial charge in [0.15, 0.2) is 0 Å². The number of hydrogen-bond acceptors (Lipinski definition) is 11. The fourth-order valence-electron chi connectivity index (χ4n) is 6.20. The summed E-state index contributed by atoms with van der Waals surface area (Å²) < 4.78 is 33.8. The number of hydrogen-bond donors (Lipinski definition) is 3. The van der Waals surface area contributed by atoms with E-state index in [0.717, 1.165) is 34.2 Å². The highest BCUT2D eigenvalue weighted by molar-refractivity contribution is 7.90. The summed E-state index contributed by atoms with van der Waals surface area (Å²) in [5, 5.41) is 4.75. The molecule has 0 saturated heterocycles. The van der Waals surface area contributed by atoms with Crippen molar-refractivity contribution in [1.29, 1.82) is 0 Å². The van der Waals surface area contributed by atoms with Gasteiger partial charge in [0.25, 0.3) is 5.88 Å². The lowest BCUT2D eigenvalue weighted by atomic mass is 9.69. The van der Waals surface area contributed by atoms with Crippen LogP contribution < -0.4 is 26.6 Å². The largest absolute Gasteiger partial charge is 0.609 e. The normalized spacial score (nSPS) is 17.6. The summed E-state index contributed by atoms with van der Waals surface area (Å²) in [6, 6.07) is 13.6. The molecule has 3 heterocycles. The number of carbonyl (C=O) groups is 1. The predicted molar refractivity (Wildman–Crippen MR) is 198 cm³/mol. The van der Waals surface area contributed by atoms with Crippen LogP contribution in [0.25, 0.3) is 0 Å². The first-order valence-electron chi connectivity index (χ1n) is 16.5. The number of nitrogen functional groups attached to an aromatic ring is 1. The molecule has 0 fully saturated rings. The van der Waals surface area contributed by atoms with Crippen LogP contribution in [0.5, 0.6) is 5.88 Å². The molecule has 1 amide bonds. The summed E-state index contributed by atoms with van der Waals surface area (Å²) in [6.07, 6.45) is 6.60. The minimum Gasteiger partial charge on any atom is -0.609 e. The number of nitrogens with one attached hydrogen (secondary N) is 1. The lowest BCUT2D eigenvalue weighted by Gasteiger charge is -2.36. The molecule has 0 spiro atoms. The molecule has 2 aromatic carbocycles. The van der Waals surface area contributed by atoms with Gasteiger partial charge >= 0.3 is 5.16 Å². The van der Waals surface area contributed by atoms with Gasteiger partial charge in [0, 0.05) is 35.9 Å². The van der Waals surface area contributed by atoms with Crippen LogP contribution in [0.1, 0.15) is 67.9 Å². The van der Waals surface area contributed by atoms with E-state index in [2.05, 4.69) is 26.3 Å². The quantitative estimate of drug-likeness (QED) is 0.0624. The molecule has 5 rings (SSSR count). The maximum atomic E-state index is 14.2. The van der Waals surface area contributed by atoms with Crippen LogP contribution >= 0.6 is 0 Å². The summed E-state index contributed by atoms with van der Waals surface area (Å²) in [6.45, 7) is 13.2. The number of hydrazine groups is 1. The molecule has 12 nitrogen and oxygen atoms in total. The molecule has 0 bridgehead atoms. The number of aryl methyl sites for hydroxylation is 1. The number of ether oxygens (including phenoxy) is 1. The van der Waals surface area contributed by atoms with Crippen molar-refractivity contribution in [2.24, 2.45) is 11.3 Å². The second kappa shape index (κ2) is 15.5. The first-order chi connectivity index (χ1) is 23.8. The van der Waals surface area contributed by atoms with Crippen LogP contribution in [0.4, 0.5) is 17.1 Å². The second-order valence-corrected chi connectivity index (χ2v) is 15.8. The van der Waals surface area contributed by atoms with Crippen molar-refractivity contribution in [2.45, 2.75) is 76.6 Å². The number of benzene rings is 2. The maximum absolute atomic E-state index is 14.2. The van der Waals surface area contributed by atoms with Gasteiger partial charge in [-0.3, -0.25) is 4.79 Å². The van der Waals surface area contributed by atoms with E-state index < -0.39 is 33.9 Å². The van der Waals surface area contributed by atoms with Crippen molar-refractivity contribution in [3.8, 4) is 5.88 Å². The van der Waals surface area contributed by atoms with Crippen LogP contribution in [-0.4, -0.2) is 59.7 Å². The second-order valence-electron chi connectivity index (χ2n) is 13.0. The third-order valence-electron chi connectivity index (χ3n) is 9.30. The van der Waals surface area contributed by atoms with Crippen molar-refractivity contribution in [3.63, 3.8) is 0 Å². The number of fused-ring (bicyclic) bond motifs is 1. The van der Waals surface area contributed by atoms with E-state index in [1.165, 1.54) is 18.6 Å². The Balaban J connectivity index is 1.58. The zero-order valence-corrected chi connectivity index (χ0v) is 31.2. The highest BCUT2D eigenvalue weighted by Crippen LogP contribution is 2.46. The minimum absolute atomic E-state index is 0.182. The van der Waals surface area contributed by atoms with Crippen molar-refractivity contribution >= 4 is 45.5 Å². The average molecular weight is 719 g/mol. The molecule has 266 valence electrons. The molecule has 0 saturated carbocycles. The Morgan fingerprint density at radius 1 is 1.18 bits per heavy atom. The average Bonchev–Trinajstić information content (AvgIpc) is 3.23. The third-order valence-corrected chi connectivity index (χ3v) is 11.5. The lowest BCUT2D eigenvalue weighted by molar-refractivity contribution is -0.124. The molecular formula is C36H46N8O4S2. The number of anilines is 3. The van der Waals surface area contributed by atoms with E-state index in [0.29, 0.717) is 47.5 Å². The van der Waals surface area contributed by atoms with Gasteiger partial charge in [-0.05, 0) is 67.1 Å². The van der Waals surface area contributed by atoms with E-state index in [1.54, 1.807) is 23.3 Å². The zero-order chi connectivity index (χ0) is 36.3. The van der Waals surface area contributed by atoms with E-state index in [9.17, 15) is 13.9 Å². The van der Waals surface area contributed by atoms with Crippen molar-refractivity contribution in [3.05, 3.63) is 88.9 Å². The number of pyridine rings is 1. The monoisotopic (exact) mass is 718 g/mol. The van der Waals surface area contributed by atoms with Crippen LogP contribution in [-0.2, 0) is 33.9 Å². The van der Waals surface area contributed by atoms with Crippen LogP contribution in [0.15, 0.2) is 71.1 Å². The Labute approximate surface area is 300 Å². The smallest absolute Gasteiger partial charge is 0.342 e. The molecule has 0 radical (unpaired) electrons. The molecule has 1 aliphatic heterocycles. The van der Waals surface area contributed by atoms with E-state index in [1.807, 2.05) is 70.1 Å². The van der Waals surface area contributed by atoms with Crippen LogP contribution in [0, 0.1) is 19.3 Å². The maximum Gasteiger partial charge on any atom is 0.342 e. The Hall–Kier alpha value is -3.92. The van der Waals surface area contributed by atoms with Gasteiger partial charge in [-0.15, -0.1) is 4.31 Å². The summed E-state index contributed by atoms with van der Waals surface area (Å²) in [5.41, 5.74) is 11.9. The Kier molecular flexibility index (Phi) is 11.6. The van der Waals surface area contributed by atoms with Crippen molar-refractivity contribution in [1.82, 2.24) is 19.3 Å². The first-order valence-corrected chi connectivity index (χ1v) is 19.2. The Morgan fingerprint density at radius 2 is 1.90 bits per heavy atom. The number of nitrogens with two attached hydrogens (primary N) is 2. The van der Waals surface area contributed by atoms with Gasteiger partial charge in [-0.25, -0.2) is 10.8 Å². The third kappa shape index (κ3) is 7.70. The van der Waals surface area contributed by atoms with Crippen molar-refractivity contribution in [2.75, 3.05) is 35.4 Å². The number of carbonyl (C=O) groups excluding carboxylic acids is 1. The summed E-state index contributed by atoms with van der Waals surface area (Å²) in [7, 11) is 0. The molecule has 4 aromatic rings. The number of amides is 1. The van der Waals surface area contributed by atoms with Gasteiger partial charge in [-0.1, -0.05) is 45.0 Å². The Morgan fingerprint density at radius 3 is 2.56 bits per heavy atom. The lowest BCUT2D eigenvalue weighted by Crippen LogP contribution is -2.38. The fourth-order valence-corrected chi connectivity index (χ4v) is 7.88. The molecule has 0 aliphatic carbocycles. The minimum atomic E-state index is -1.50. The topological polar surface area (TPSA) is 182 Å². The fraction of sp³-hybridized carbons (Fsp3) is 0.389. The zero-order valence-electron chi connectivity index (χ0n) is 29.6. The van der Waals surface area contributed by atoms with E-state index >= 15 is 0 Å². The molecular weight excluding hydrogens is 673 g/mol. The van der Waals surface area contributed by atoms with E-state index in [-0.39, 0.29) is 17.2 Å². The highest BCUT2D eigenvalue weighted by Gasteiger charge is 2.41. The van der Waals surface area contributed by atoms with Gasteiger partial charge in [0.1, 0.15) is 12.4 Å². The molecule has 4 atom stereocenters. The molecule has 1 aliphatic rings. The van der Waals surface area contributed by atoms with Gasteiger partial charge in [0.2, 0.25) is 10.8 Å². The first kappa shape index (κ1) is 37.3. The van der Waals surface area contributed by atoms with Gasteiger partial charge in [-0.2, -0.15) is 9.97 Å². The molecule has 14 heteroatoms. The number of rotatable bonds is 11. The molecule has 3 unspecified atom stereocenters. The van der Waals surface area contributed by atoms with Gasteiger partial charge < -0.3 is 29.9 Å². The SMILES string of the molecule is CC[C@@H]1CN(Cc2cc(C(c3ccc(N(N)CC)c(N)c3C)C(C)(C)C(=O)Nc3cnc([S+](C)[O-])nc3)ccc2C)[S+]([O-])c2cccnc2O1. The molecule has 2 aromatic heterocycles. The van der Waals surface area contributed by atoms with Crippen LogP contribution in [0.3, 0.4) is 0 Å². The van der Waals surface area contributed by atoms with Crippen molar-refractivity contribution < 1.29 is 18.6 Å². The van der Waals surface area contributed by atoms with E-state index in [4.69, 9.17) is 16.3 Å². The highest BCUT2D eigenvalue weighted by atomic mass is 32.2. The van der Waals surface area contributed by atoms with Crippen LogP contribution in [0.2, 0.25) is 0 Å². The number of aromatic nitrogens is 3. The predicted octanol–water partition coefficient (Wildman–Crippen LogP) is 5.00. The molecule has 5 N–H and O–H groups in total. The molecule has 50 heavy (non-hydrogen) atoms. The number of nitrogens with zero attached hydrogens (tertiary/aromatic N) is 5. The summed E-state index contributed by atoms with van der Waals surface area (Å²) in [4.78, 5) is 27.4. The van der Waals surface area contributed by atoms with Gasteiger partial charge in [0.05, 0.1) is 59.3 Å².